The van der Waals surface area contributed by atoms with Crippen LogP contribution in [-0.2, 0) is 0 Å². The van der Waals surface area contributed by atoms with E-state index in [1.54, 1.807) is 0 Å². The molecule has 3 rings (SSSR count). The van der Waals surface area contributed by atoms with Crippen molar-refractivity contribution >= 4 is 50.5 Å². The van der Waals surface area contributed by atoms with Gasteiger partial charge in [-0.15, -0.1) is 0 Å². The summed E-state index contributed by atoms with van der Waals surface area (Å²) in [5, 5.41) is 4.11. The summed E-state index contributed by atoms with van der Waals surface area (Å²) in [6, 6.07) is 12.6. The predicted octanol–water partition coefficient (Wildman–Crippen LogP) is 5.77. The number of hydrogen-bond acceptors (Lipinski definition) is 2. The number of rotatable bonds is 2. The number of hydrogen-bond donors (Lipinski definition) is 1. The molecule has 3 nitrogen and oxygen atoms in total. The smallest absolute Gasteiger partial charge is 0.202 e. The van der Waals surface area contributed by atoms with Crippen LogP contribution in [0.25, 0.3) is 0 Å². The van der Waals surface area contributed by atoms with Crippen molar-refractivity contribution in [3.63, 3.8) is 0 Å². The van der Waals surface area contributed by atoms with Crippen molar-refractivity contribution in [2.45, 2.75) is 40.2 Å². The lowest BCUT2D eigenvalue weighted by Gasteiger charge is -2.34. The Hall–Kier alpha value is -1.72. The van der Waals surface area contributed by atoms with Gasteiger partial charge in [-0.1, -0.05) is 24.3 Å². The van der Waals surface area contributed by atoms with E-state index in [9.17, 15) is 0 Å². The number of aliphatic imine (C=N–C) groups is 1. The molecule has 0 radical (unpaired) electrons. The normalized spacial score (nSPS) is 16.2. The molecule has 0 aromatic heterocycles. The quantitative estimate of drug-likeness (QED) is 0.630. The Morgan fingerprint density at radius 2 is 1.72 bits per heavy atom. The zero-order valence-electron chi connectivity index (χ0n) is 15.1. The lowest BCUT2D eigenvalue weighted by Crippen LogP contribution is -2.49. The first-order valence-corrected chi connectivity index (χ1v) is 9.44. The van der Waals surface area contributed by atoms with E-state index >= 15 is 0 Å². The molecule has 0 fully saturated rings. The number of thiocarbonyl (C=S) groups is 1. The fourth-order valence-electron chi connectivity index (χ4n) is 3.14. The van der Waals surface area contributed by atoms with Crippen LogP contribution in [-0.4, -0.2) is 16.5 Å². The van der Waals surface area contributed by atoms with Crippen LogP contribution < -0.4 is 10.2 Å². The molecule has 130 valence electrons. The van der Waals surface area contributed by atoms with Gasteiger partial charge in [0.2, 0.25) is 5.11 Å². The van der Waals surface area contributed by atoms with E-state index in [2.05, 4.69) is 102 Å². The van der Waals surface area contributed by atoms with Gasteiger partial charge in [-0.2, -0.15) is 0 Å². The molecule has 0 saturated carbocycles. The minimum absolute atomic E-state index is 0.371. The molecule has 2 aromatic carbocycles. The van der Waals surface area contributed by atoms with Crippen molar-refractivity contribution in [1.29, 1.82) is 0 Å². The number of halogens is 1. The number of para-hydroxylation sites is 1. The van der Waals surface area contributed by atoms with Gasteiger partial charge < -0.3 is 10.2 Å². The van der Waals surface area contributed by atoms with Crippen LogP contribution in [0, 0.1) is 20.8 Å². The first-order valence-electron chi connectivity index (χ1n) is 8.24. The Morgan fingerprint density at radius 1 is 1.08 bits per heavy atom. The summed E-state index contributed by atoms with van der Waals surface area (Å²) >= 11 is 9.27. The van der Waals surface area contributed by atoms with E-state index in [-0.39, 0.29) is 5.54 Å². The molecular weight excluding hydrogens is 394 g/mol. The zero-order chi connectivity index (χ0) is 18.4. The lowest BCUT2D eigenvalue weighted by molar-refractivity contribution is 0.701. The molecule has 0 spiro atoms. The second-order valence-electron chi connectivity index (χ2n) is 6.98. The number of nitrogens with zero attached hydrogens (tertiary/aromatic N) is 2. The predicted molar refractivity (Wildman–Crippen MR) is 115 cm³/mol. The summed E-state index contributed by atoms with van der Waals surface area (Å²) in [6.45, 7) is 10.6. The summed E-state index contributed by atoms with van der Waals surface area (Å²) in [6.07, 6.45) is 0. The van der Waals surface area contributed by atoms with E-state index in [1.807, 2.05) is 0 Å². The summed E-state index contributed by atoms with van der Waals surface area (Å²) in [4.78, 5) is 6.78. The summed E-state index contributed by atoms with van der Waals surface area (Å²) in [5.74, 6) is 0.863. The Bertz CT molecular complexity index is 866. The van der Waals surface area contributed by atoms with Crippen molar-refractivity contribution in [3.8, 4) is 0 Å². The van der Waals surface area contributed by atoms with Crippen molar-refractivity contribution in [2.24, 2.45) is 4.99 Å². The van der Waals surface area contributed by atoms with Gasteiger partial charge >= 0.3 is 0 Å². The number of amidine groups is 1. The second kappa shape index (κ2) is 6.54. The second-order valence-corrected chi connectivity index (χ2v) is 8.20. The Labute approximate surface area is 163 Å². The first-order chi connectivity index (χ1) is 11.7. The molecule has 1 N–H and O–H groups in total. The summed E-state index contributed by atoms with van der Waals surface area (Å²) in [5.41, 5.74) is 5.35. The fraction of sp³-hybridized carbons (Fsp3) is 0.300. The van der Waals surface area contributed by atoms with Crippen LogP contribution in [0.15, 0.2) is 45.9 Å². The number of aryl methyl sites for hydroxylation is 3. The van der Waals surface area contributed by atoms with Crippen LogP contribution in [0.1, 0.15) is 30.5 Å². The van der Waals surface area contributed by atoms with Gasteiger partial charge in [-0.25, -0.2) is 4.99 Å². The monoisotopic (exact) mass is 415 g/mol. The van der Waals surface area contributed by atoms with E-state index < -0.39 is 0 Å². The fourth-order valence-corrected chi connectivity index (χ4v) is 4.22. The van der Waals surface area contributed by atoms with Gasteiger partial charge in [0.15, 0.2) is 0 Å². The molecule has 1 aliphatic rings. The van der Waals surface area contributed by atoms with Gasteiger partial charge in [0.25, 0.3) is 0 Å². The first kappa shape index (κ1) is 18.1. The maximum absolute atomic E-state index is 5.60. The van der Waals surface area contributed by atoms with Crippen LogP contribution >= 0.6 is 28.1 Å². The molecule has 1 heterocycles. The van der Waals surface area contributed by atoms with Crippen LogP contribution in [0.2, 0.25) is 0 Å². The van der Waals surface area contributed by atoms with Crippen molar-refractivity contribution in [3.05, 3.63) is 57.6 Å². The molecule has 5 heteroatoms. The molecule has 0 atom stereocenters. The zero-order valence-corrected chi connectivity index (χ0v) is 17.5. The molecule has 0 bridgehead atoms. The van der Waals surface area contributed by atoms with Crippen molar-refractivity contribution in [1.82, 2.24) is 0 Å². The molecule has 1 aliphatic heterocycles. The third kappa shape index (κ3) is 3.23. The van der Waals surface area contributed by atoms with Gasteiger partial charge in [0.1, 0.15) is 5.84 Å². The maximum Gasteiger partial charge on any atom is 0.202 e. The minimum atomic E-state index is -0.371. The van der Waals surface area contributed by atoms with E-state index in [4.69, 9.17) is 12.2 Å². The van der Waals surface area contributed by atoms with Gasteiger partial charge in [-0.05, 0) is 91.6 Å². The van der Waals surface area contributed by atoms with Crippen molar-refractivity contribution in [2.75, 3.05) is 10.2 Å². The average Bonchev–Trinajstić information content (AvgIpc) is 2.73. The third-order valence-electron chi connectivity index (χ3n) is 4.61. The van der Waals surface area contributed by atoms with Crippen LogP contribution in [0.3, 0.4) is 0 Å². The minimum Gasteiger partial charge on any atom is -0.341 e. The molecule has 0 unspecified atom stereocenters. The van der Waals surface area contributed by atoms with Crippen molar-refractivity contribution < 1.29 is 0 Å². The highest BCUT2D eigenvalue weighted by atomic mass is 79.9. The van der Waals surface area contributed by atoms with E-state index in [1.165, 1.54) is 16.7 Å². The van der Waals surface area contributed by atoms with Gasteiger partial charge in [0, 0.05) is 10.2 Å². The molecule has 0 amide bonds. The van der Waals surface area contributed by atoms with E-state index in [0.29, 0.717) is 5.11 Å². The summed E-state index contributed by atoms with van der Waals surface area (Å²) in [7, 11) is 0. The average molecular weight is 416 g/mol. The van der Waals surface area contributed by atoms with Crippen LogP contribution in [0.5, 0.6) is 0 Å². The summed E-state index contributed by atoms with van der Waals surface area (Å²) < 4.78 is 1.02. The molecule has 0 saturated heterocycles. The molecule has 0 aliphatic carbocycles. The third-order valence-corrected chi connectivity index (χ3v) is 5.51. The van der Waals surface area contributed by atoms with Gasteiger partial charge in [0.05, 0.1) is 11.2 Å². The number of nitrogens with one attached hydrogen (secondary N) is 1. The highest BCUT2D eigenvalue weighted by molar-refractivity contribution is 9.10. The molecular formula is C20H22BrN3S. The highest BCUT2D eigenvalue weighted by Crippen LogP contribution is 2.37. The molecule has 2 aromatic rings. The SMILES string of the molecule is Cc1ccc(N2C(=S)N=C(Nc3c(C)cccc3C)C2(C)C)c(Br)c1. The standard InChI is InChI=1S/C20H22BrN3S/c1-12-9-10-16(15(21)11-12)24-19(25)23-18(20(24,4)5)22-17-13(2)7-6-8-14(17)3/h6-11H,1-5H3,(H,22,23,25). The Morgan fingerprint density at radius 3 is 2.32 bits per heavy atom. The van der Waals surface area contributed by atoms with Gasteiger partial charge in [-0.3, -0.25) is 0 Å². The van der Waals surface area contributed by atoms with Crippen LogP contribution in [0.4, 0.5) is 11.4 Å². The lowest BCUT2D eigenvalue weighted by atomic mass is 10.00. The number of benzene rings is 2. The topological polar surface area (TPSA) is 27.6 Å². The largest absolute Gasteiger partial charge is 0.341 e. The molecule has 25 heavy (non-hydrogen) atoms. The maximum atomic E-state index is 5.60. The highest BCUT2D eigenvalue weighted by Gasteiger charge is 2.42. The number of anilines is 2. The Kier molecular flexibility index (Phi) is 4.73. The van der Waals surface area contributed by atoms with E-state index in [0.717, 1.165) is 21.7 Å². The Balaban J connectivity index is 1.99.